The summed E-state index contributed by atoms with van der Waals surface area (Å²) < 4.78 is 0. The van der Waals surface area contributed by atoms with Crippen LogP contribution in [-0.4, -0.2) is 36.5 Å². The number of rotatable bonds is 9. The third-order valence-corrected chi connectivity index (χ3v) is 7.92. The second-order valence-electron chi connectivity index (χ2n) is 10.0. The zero-order valence-corrected chi connectivity index (χ0v) is 21.7. The summed E-state index contributed by atoms with van der Waals surface area (Å²) in [5.41, 5.74) is 4.27. The fraction of sp³-hybridized carbons (Fsp3) is 0.387. The highest BCUT2D eigenvalue weighted by atomic mass is 35.5. The van der Waals surface area contributed by atoms with E-state index in [1.165, 1.54) is 18.4 Å². The minimum atomic E-state index is -0.0358. The average molecular weight is 489 g/mol. The molecule has 1 fully saturated rings. The predicted octanol–water partition coefficient (Wildman–Crippen LogP) is 7.35. The number of hydrogen-bond acceptors (Lipinski definition) is 2. The fourth-order valence-electron chi connectivity index (χ4n) is 5.20. The largest absolute Gasteiger partial charge is 0.349 e. The highest BCUT2D eigenvalue weighted by Gasteiger charge is 2.26. The molecule has 1 unspecified atom stereocenters. The zero-order valence-electron chi connectivity index (χ0n) is 21.0. The van der Waals surface area contributed by atoms with E-state index in [2.05, 4.69) is 54.4 Å². The van der Waals surface area contributed by atoms with Crippen LogP contribution in [0.25, 0.3) is 11.1 Å². The second-order valence-corrected chi connectivity index (χ2v) is 10.5. The molecule has 0 spiro atoms. The Hall–Kier alpha value is -2.62. The molecule has 4 heteroatoms. The first-order valence-corrected chi connectivity index (χ1v) is 13.3. The van der Waals surface area contributed by atoms with E-state index in [4.69, 9.17) is 11.6 Å². The molecule has 1 amide bonds. The van der Waals surface area contributed by atoms with Gasteiger partial charge in [-0.2, -0.15) is 0 Å². The molecule has 1 atom stereocenters. The summed E-state index contributed by atoms with van der Waals surface area (Å²) in [4.78, 5) is 15.8. The molecule has 184 valence electrons. The molecule has 1 saturated heterocycles. The number of nitrogens with one attached hydrogen (secondary N) is 1. The van der Waals surface area contributed by atoms with Gasteiger partial charge in [-0.15, -0.1) is 0 Å². The fourth-order valence-corrected chi connectivity index (χ4v) is 5.37. The topological polar surface area (TPSA) is 32.3 Å². The molecule has 1 aliphatic heterocycles. The molecule has 1 aliphatic rings. The monoisotopic (exact) mass is 488 g/mol. The van der Waals surface area contributed by atoms with E-state index < -0.39 is 0 Å². The van der Waals surface area contributed by atoms with Gasteiger partial charge in [-0.25, -0.2) is 0 Å². The number of carbonyl (C=O) groups is 1. The molecule has 1 heterocycles. The smallest absolute Gasteiger partial charge is 0.252 e. The summed E-state index contributed by atoms with van der Waals surface area (Å²) in [6.07, 6.45) is 5.51. The quantitative estimate of drug-likeness (QED) is 0.341. The van der Waals surface area contributed by atoms with Crippen LogP contribution < -0.4 is 5.32 Å². The highest BCUT2D eigenvalue weighted by molar-refractivity contribution is 6.31. The Kier molecular flexibility index (Phi) is 8.64. The van der Waals surface area contributed by atoms with Gasteiger partial charge in [-0.1, -0.05) is 92.2 Å². The Morgan fingerprint density at radius 3 is 2.31 bits per heavy atom. The van der Waals surface area contributed by atoms with E-state index >= 15 is 0 Å². The van der Waals surface area contributed by atoms with Crippen molar-refractivity contribution in [1.82, 2.24) is 10.2 Å². The van der Waals surface area contributed by atoms with Gasteiger partial charge < -0.3 is 10.2 Å². The number of likely N-dealkylation sites (tertiary alicyclic amines) is 1. The summed E-state index contributed by atoms with van der Waals surface area (Å²) in [7, 11) is 0. The maximum absolute atomic E-state index is 13.2. The average Bonchev–Trinajstić information content (AvgIpc) is 2.90. The van der Waals surface area contributed by atoms with Gasteiger partial charge in [0.1, 0.15) is 0 Å². The van der Waals surface area contributed by atoms with Crippen LogP contribution in [0, 0.1) is 0 Å². The summed E-state index contributed by atoms with van der Waals surface area (Å²) >= 11 is 6.25. The molecule has 0 saturated carbocycles. The van der Waals surface area contributed by atoms with Crippen LogP contribution in [0.4, 0.5) is 0 Å². The van der Waals surface area contributed by atoms with Crippen molar-refractivity contribution in [3.63, 3.8) is 0 Å². The van der Waals surface area contributed by atoms with Crippen molar-refractivity contribution in [2.24, 2.45) is 0 Å². The standard InChI is InChI=1S/C31H37ClN2O/c1-3-31(2,25-13-8-5-9-14-25)19-10-20-34-21-17-27(18-22-34)33-30(35)29-23-26(32)15-16-28(29)24-11-6-4-7-12-24/h4-9,11-16,23,27H,3,10,17-22H2,1-2H3,(H,33,35). The van der Waals surface area contributed by atoms with Gasteiger partial charge >= 0.3 is 0 Å². The Bertz CT molecular complexity index is 1090. The molecule has 3 aromatic rings. The Balaban J connectivity index is 1.28. The third kappa shape index (κ3) is 6.54. The lowest BCUT2D eigenvalue weighted by Gasteiger charge is -2.34. The number of halogens is 1. The first-order chi connectivity index (χ1) is 17.0. The molecule has 3 nitrogen and oxygen atoms in total. The van der Waals surface area contributed by atoms with Gasteiger partial charge in [0.2, 0.25) is 0 Å². The first-order valence-electron chi connectivity index (χ1n) is 12.9. The van der Waals surface area contributed by atoms with Gasteiger partial charge in [0, 0.05) is 29.7 Å². The van der Waals surface area contributed by atoms with Gasteiger partial charge in [0.25, 0.3) is 5.91 Å². The maximum Gasteiger partial charge on any atom is 0.252 e. The molecular weight excluding hydrogens is 452 g/mol. The summed E-state index contributed by atoms with van der Waals surface area (Å²) in [5, 5.41) is 3.86. The van der Waals surface area contributed by atoms with Crippen LogP contribution in [0.5, 0.6) is 0 Å². The number of amides is 1. The minimum Gasteiger partial charge on any atom is -0.349 e. The van der Waals surface area contributed by atoms with E-state index in [0.29, 0.717) is 10.6 Å². The maximum atomic E-state index is 13.2. The van der Waals surface area contributed by atoms with E-state index in [1.54, 1.807) is 6.07 Å². The second kappa shape index (κ2) is 11.9. The van der Waals surface area contributed by atoms with Gasteiger partial charge in [0.15, 0.2) is 0 Å². The highest BCUT2D eigenvalue weighted by Crippen LogP contribution is 2.32. The van der Waals surface area contributed by atoms with Crippen molar-refractivity contribution in [2.75, 3.05) is 19.6 Å². The summed E-state index contributed by atoms with van der Waals surface area (Å²) in [5.74, 6) is -0.0358. The molecule has 4 rings (SSSR count). The van der Waals surface area contributed by atoms with Gasteiger partial charge in [-0.3, -0.25) is 4.79 Å². The Morgan fingerprint density at radius 1 is 1.00 bits per heavy atom. The number of piperidine rings is 1. The van der Waals surface area contributed by atoms with Crippen LogP contribution in [0.1, 0.15) is 61.9 Å². The number of nitrogens with zero attached hydrogens (tertiary/aromatic N) is 1. The van der Waals surface area contributed by atoms with E-state index in [1.807, 2.05) is 42.5 Å². The lowest BCUT2D eigenvalue weighted by molar-refractivity contribution is 0.0910. The van der Waals surface area contributed by atoms with Crippen molar-refractivity contribution in [1.29, 1.82) is 0 Å². The lowest BCUT2D eigenvalue weighted by atomic mass is 9.76. The van der Waals surface area contributed by atoms with E-state index in [0.717, 1.165) is 50.0 Å². The SMILES string of the molecule is CCC(C)(CCCN1CCC(NC(=O)c2cc(Cl)ccc2-c2ccccc2)CC1)c1ccccc1. The van der Waals surface area contributed by atoms with Crippen molar-refractivity contribution in [3.8, 4) is 11.1 Å². The normalized spacial score (nSPS) is 16.5. The van der Waals surface area contributed by atoms with Gasteiger partial charge in [0.05, 0.1) is 0 Å². The predicted molar refractivity (Wildman–Crippen MR) is 147 cm³/mol. The van der Waals surface area contributed by atoms with Crippen LogP contribution in [0.2, 0.25) is 5.02 Å². The van der Waals surface area contributed by atoms with E-state index in [9.17, 15) is 4.79 Å². The third-order valence-electron chi connectivity index (χ3n) is 7.69. The molecule has 35 heavy (non-hydrogen) atoms. The molecule has 0 bridgehead atoms. The molecule has 0 aromatic heterocycles. The minimum absolute atomic E-state index is 0.0358. The lowest BCUT2D eigenvalue weighted by Crippen LogP contribution is -2.45. The molecule has 0 radical (unpaired) electrons. The van der Waals surface area contributed by atoms with Crippen LogP contribution in [0.15, 0.2) is 78.9 Å². The number of hydrogen-bond donors (Lipinski definition) is 1. The van der Waals surface area contributed by atoms with Crippen molar-refractivity contribution in [2.45, 2.75) is 57.4 Å². The van der Waals surface area contributed by atoms with Crippen LogP contribution in [0.3, 0.4) is 0 Å². The summed E-state index contributed by atoms with van der Waals surface area (Å²) in [6.45, 7) is 7.86. The molecular formula is C31H37ClN2O. The van der Waals surface area contributed by atoms with Crippen molar-refractivity contribution < 1.29 is 4.79 Å². The Morgan fingerprint density at radius 2 is 1.66 bits per heavy atom. The molecule has 0 aliphatic carbocycles. The first kappa shape index (κ1) is 25.5. The van der Waals surface area contributed by atoms with E-state index in [-0.39, 0.29) is 17.4 Å². The number of benzene rings is 3. The van der Waals surface area contributed by atoms with Crippen LogP contribution in [-0.2, 0) is 5.41 Å². The number of carbonyl (C=O) groups excluding carboxylic acids is 1. The molecule has 3 aromatic carbocycles. The van der Waals surface area contributed by atoms with Gasteiger partial charge in [-0.05, 0) is 72.9 Å². The van der Waals surface area contributed by atoms with Crippen LogP contribution >= 0.6 is 11.6 Å². The molecule has 1 N–H and O–H groups in total. The Labute approximate surface area is 215 Å². The summed E-state index contributed by atoms with van der Waals surface area (Å²) in [6, 6.07) is 26.7. The zero-order chi connectivity index (χ0) is 24.7. The van der Waals surface area contributed by atoms with Crippen molar-refractivity contribution in [3.05, 3.63) is 95.0 Å². The van der Waals surface area contributed by atoms with Crippen molar-refractivity contribution >= 4 is 17.5 Å².